The first-order chi connectivity index (χ1) is 19.4. The number of benzene rings is 2. The summed E-state index contributed by atoms with van der Waals surface area (Å²) in [4.78, 5) is 0. The summed E-state index contributed by atoms with van der Waals surface area (Å²) in [5.74, 6) is 0.669. The molecule has 216 valence electrons. The molecule has 6 fully saturated rings. The number of ether oxygens (including phenoxy) is 6. The maximum atomic E-state index is 10.3. The first-order valence-corrected chi connectivity index (χ1v) is 14.3. The summed E-state index contributed by atoms with van der Waals surface area (Å²) in [6, 6.07) is 3.60. The molecule has 0 amide bonds. The molecule has 6 atom stereocenters. The van der Waals surface area contributed by atoms with Gasteiger partial charge in [0.15, 0.2) is 0 Å². The number of nitrogen functional groups attached to an aromatic ring is 2. The van der Waals surface area contributed by atoms with Gasteiger partial charge in [-0.25, -0.2) is 0 Å². The highest BCUT2D eigenvalue weighted by molar-refractivity contribution is 5.63. The smallest absolute Gasteiger partial charge is 0.119 e. The van der Waals surface area contributed by atoms with Crippen LogP contribution in [0.5, 0.6) is 11.5 Å². The van der Waals surface area contributed by atoms with E-state index in [1.807, 2.05) is 0 Å². The highest BCUT2D eigenvalue weighted by atomic mass is 16.6. The lowest BCUT2D eigenvalue weighted by molar-refractivity contribution is 0.395. The summed E-state index contributed by atoms with van der Waals surface area (Å²) in [5, 5.41) is 20.7. The molecule has 8 rings (SSSR count). The van der Waals surface area contributed by atoms with Crippen molar-refractivity contribution in [3.05, 3.63) is 45.5 Å². The Morgan fingerprint density at radius 3 is 1.00 bits per heavy atom. The summed E-state index contributed by atoms with van der Waals surface area (Å²) < 4.78 is 31.7. The van der Waals surface area contributed by atoms with Crippen molar-refractivity contribution in [1.29, 1.82) is 0 Å². The molecule has 6 unspecified atom stereocenters. The minimum Gasteiger partial charge on any atom is -0.508 e. The van der Waals surface area contributed by atoms with E-state index in [2.05, 4.69) is 0 Å². The standard InChI is InChI=1S/2C15H19NO4/c2*16-15-8(1-9-5-18-9)2-14(17)12(3-10-6-19-10)13(15)4-11-7-20-11/h2*2,9-11,17H,1,3-7,16H2. The predicted molar refractivity (Wildman–Crippen MR) is 146 cm³/mol. The molecule has 2 aromatic rings. The van der Waals surface area contributed by atoms with Gasteiger partial charge in [0, 0.05) is 61.0 Å². The Morgan fingerprint density at radius 1 is 0.475 bits per heavy atom. The normalized spacial score (nSPS) is 30.3. The first kappa shape index (κ1) is 26.3. The van der Waals surface area contributed by atoms with Crippen LogP contribution in [0.1, 0.15) is 33.4 Å². The maximum absolute atomic E-state index is 10.3. The Balaban J connectivity index is 0.000000132. The van der Waals surface area contributed by atoms with E-state index >= 15 is 0 Å². The van der Waals surface area contributed by atoms with Crippen LogP contribution < -0.4 is 11.5 Å². The molecule has 0 radical (unpaired) electrons. The maximum Gasteiger partial charge on any atom is 0.119 e. The van der Waals surface area contributed by atoms with Gasteiger partial charge in [0.2, 0.25) is 0 Å². The predicted octanol–water partition coefficient (Wildman–Crippen LogP) is 1.60. The van der Waals surface area contributed by atoms with E-state index < -0.39 is 0 Å². The molecule has 0 aliphatic carbocycles. The second-order valence-electron chi connectivity index (χ2n) is 11.8. The van der Waals surface area contributed by atoms with Crippen LogP contribution in [0.15, 0.2) is 12.1 Å². The van der Waals surface area contributed by atoms with Crippen molar-refractivity contribution in [2.75, 3.05) is 51.1 Å². The van der Waals surface area contributed by atoms with Gasteiger partial charge < -0.3 is 50.1 Å². The van der Waals surface area contributed by atoms with E-state index in [1.54, 1.807) is 12.1 Å². The molecule has 10 heteroatoms. The molecule has 0 bridgehead atoms. The number of phenolic OH excluding ortho intramolecular Hbond substituents is 2. The monoisotopic (exact) mass is 554 g/mol. The van der Waals surface area contributed by atoms with Crippen molar-refractivity contribution in [3.63, 3.8) is 0 Å². The summed E-state index contributed by atoms with van der Waals surface area (Å²) >= 11 is 0. The molecule has 0 saturated carbocycles. The molecular formula is C30H38N2O8. The number of hydrogen-bond donors (Lipinski definition) is 4. The number of rotatable bonds is 12. The van der Waals surface area contributed by atoms with Crippen LogP contribution in [0.4, 0.5) is 11.4 Å². The third kappa shape index (κ3) is 6.64. The summed E-state index contributed by atoms with van der Waals surface area (Å²) in [7, 11) is 0. The number of nitrogens with two attached hydrogens (primary N) is 2. The Kier molecular flexibility index (Phi) is 7.01. The molecule has 6 saturated heterocycles. The van der Waals surface area contributed by atoms with E-state index in [9.17, 15) is 10.2 Å². The number of anilines is 2. The third-order valence-corrected chi connectivity index (χ3v) is 8.35. The van der Waals surface area contributed by atoms with Gasteiger partial charge in [0.05, 0.1) is 76.3 Å². The molecule has 0 spiro atoms. The van der Waals surface area contributed by atoms with E-state index in [0.29, 0.717) is 11.5 Å². The summed E-state index contributed by atoms with van der Waals surface area (Å²) in [6.07, 6.45) is 6.08. The van der Waals surface area contributed by atoms with E-state index in [1.165, 1.54) is 0 Å². The highest BCUT2D eigenvalue weighted by Gasteiger charge is 2.34. The van der Waals surface area contributed by atoms with Gasteiger partial charge in [-0.15, -0.1) is 0 Å². The fourth-order valence-electron chi connectivity index (χ4n) is 5.46. The molecular weight excluding hydrogens is 516 g/mol. The van der Waals surface area contributed by atoms with Gasteiger partial charge in [0.1, 0.15) is 11.5 Å². The fraction of sp³-hybridized carbons (Fsp3) is 0.600. The van der Waals surface area contributed by atoms with Crippen LogP contribution in [-0.4, -0.2) is 86.5 Å². The van der Waals surface area contributed by atoms with Crippen molar-refractivity contribution in [1.82, 2.24) is 0 Å². The molecule has 6 aliphatic rings. The van der Waals surface area contributed by atoms with Crippen LogP contribution >= 0.6 is 0 Å². The molecule has 0 aromatic heterocycles. The Morgan fingerprint density at radius 2 is 0.725 bits per heavy atom. The number of aromatic hydroxyl groups is 2. The Bertz CT molecular complexity index is 1160. The second-order valence-corrected chi connectivity index (χ2v) is 11.8. The van der Waals surface area contributed by atoms with E-state index in [4.69, 9.17) is 39.9 Å². The molecule has 40 heavy (non-hydrogen) atoms. The Hall–Kier alpha value is -2.60. The third-order valence-electron chi connectivity index (χ3n) is 8.35. The zero-order chi connectivity index (χ0) is 27.4. The van der Waals surface area contributed by atoms with Crippen LogP contribution in [0.2, 0.25) is 0 Å². The molecule has 6 heterocycles. The minimum absolute atomic E-state index is 0.233. The van der Waals surface area contributed by atoms with Crippen molar-refractivity contribution >= 4 is 11.4 Å². The average Bonchev–Trinajstić information content (AvgIpc) is 3.73. The zero-order valence-electron chi connectivity index (χ0n) is 22.6. The van der Waals surface area contributed by atoms with Gasteiger partial charge in [-0.05, 0) is 34.4 Å². The highest BCUT2D eigenvalue weighted by Crippen LogP contribution is 2.38. The van der Waals surface area contributed by atoms with Crippen molar-refractivity contribution in [3.8, 4) is 11.5 Å². The Labute approximate surface area is 233 Å². The van der Waals surface area contributed by atoms with Gasteiger partial charge in [-0.2, -0.15) is 0 Å². The fourth-order valence-corrected chi connectivity index (χ4v) is 5.46. The lowest BCUT2D eigenvalue weighted by Crippen LogP contribution is -2.10. The lowest BCUT2D eigenvalue weighted by atomic mass is 9.92. The van der Waals surface area contributed by atoms with Gasteiger partial charge in [-0.3, -0.25) is 0 Å². The zero-order valence-corrected chi connectivity index (χ0v) is 22.6. The largest absolute Gasteiger partial charge is 0.508 e. The van der Waals surface area contributed by atoms with Crippen molar-refractivity contribution in [2.24, 2.45) is 0 Å². The van der Waals surface area contributed by atoms with Crippen molar-refractivity contribution in [2.45, 2.75) is 75.1 Å². The second kappa shape index (κ2) is 10.7. The van der Waals surface area contributed by atoms with Crippen LogP contribution in [0, 0.1) is 0 Å². The molecule has 6 aliphatic heterocycles. The van der Waals surface area contributed by atoms with Gasteiger partial charge in [-0.1, -0.05) is 0 Å². The van der Waals surface area contributed by atoms with E-state index in [0.717, 1.165) is 123 Å². The van der Waals surface area contributed by atoms with Crippen LogP contribution in [0.25, 0.3) is 0 Å². The van der Waals surface area contributed by atoms with Crippen LogP contribution in [-0.2, 0) is 66.9 Å². The summed E-state index contributed by atoms with van der Waals surface area (Å²) in [5.41, 5.74) is 20.2. The average molecular weight is 555 g/mol. The first-order valence-electron chi connectivity index (χ1n) is 14.3. The van der Waals surface area contributed by atoms with Crippen LogP contribution in [0.3, 0.4) is 0 Å². The summed E-state index contributed by atoms with van der Waals surface area (Å²) in [6.45, 7) is 4.70. The topological polar surface area (TPSA) is 168 Å². The SMILES string of the molecule is Nc1c(CC2CO2)cc(O)c(CC2CO2)c1CC1CO1.Nc1c(CC2CO2)cc(O)c(CC2CO2)c1CC1CO1. The van der Waals surface area contributed by atoms with Gasteiger partial charge in [0.25, 0.3) is 0 Å². The number of hydrogen-bond acceptors (Lipinski definition) is 10. The minimum atomic E-state index is 0.233. The lowest BCUT2D eigenvalue weighted by Gasteiger charge is -2.17. The quantitative estimate of drug-likeness (QED) is 0.172. The molecule has 2 aromatic carbocycles. The van der Waals surface area contributed by atoms with E-state index in [-0.39, 0.29) is 36.6 Å². The molecule has 6 N–H and O–H groups in total. The number of phenols is 2. The number of epoxide rings is 6. The van der Waals surface area contributed by atoms with Gasteiger partial charge >= 0.3 is 0 Å². The molecule has 10 nitrogen and oxygen atoms in total. The van der Waals surface area contributed by atoms with Crippen molar-refractivity contribution < 1.29 is 38.6 Å².